The number of para-hydroxylation sites is 2. The molecule has 2 N–H and O–H groups in total. The van der Waals surface area contributed by atoms with Crippen molar-refractivity contribution in [2.45, 2.75) is 45.7 Å². The van der Waals surface area contributed by atoms with Gasteiger partial charge in [-0.2, -0.15) is 0 Å². The standard InChI is InChI=1S/C16H23N3/c1-4-5-8-13(17)16-18-14-9-6-7-10-15(14)19(16)11-12(2)3/h6-7,9-10,13H,2,4-5,8,11,17H2,1,3H3. The Hall–Kier alpha value is -1.61. The highest BCUT2D eigenvalue weighted by atomic mass is 15.1. The Kier molecular flexibility index (Phi) is 4.38. The van der Waals surface area contributed by atoms with E-state index in [0.29, 0.717) is 0 Å². The summed E-state index contributed by atoms with van der Waals surface area (Å²) in [5.41, 5.74) is 9.59. The number of aromatic nitrogens is 2. The van der Waals surface area contributed by atoms with Crippen LogP contribution in [0.15, 0.2) is 36.4 Å². The molecule has 1 heterocycles. The second-order valence-electron chi connectivity index (χ2n) is 5.25. The van der Waals surface area contributed by atoms with Gasteiger partial charge in [0.25, 0.3) is 0 Å². The maximum Gasteiger partial charge on any atom is 0.127 e. The minimum absolute atomic E-state index is 0.00620. The number of hydrogen-bond acceptors (Lipinski definition) is 2. The average molecular weight is 257 g/mol. The fraction of sp³-hybridized carbons (Fsp3) is 0.438. The summed E-state index contributed by atoms with van der Waals surface area (Å²) in [5, 5.41) is 0. The molecule has 0 saturated heterocycles. The van der Waals surface area contributed by atoms with Crippen LogP contribution in [-0.4, -0.2) is 9.55 Å². The Labute approximate surface area is 115 Å². The van der Waals surface area contributed by atoms with Crippen molar-refractivity contribution in [1.82, 2.24) is 9.55 Å². The lowest BCUT2D eigenvalue weighted by molar-refractivity contribution is 0.551. The van der Waals surface area contributed by atoms with Crippen molar-refractivity contribution in [1.29, 1.82) is 0 Å². The molecule has 1 unspecified atom stereocenters. The minimum Gasteiger partial charge on any atom is -0.323 e. The van der Waals surface area contributed by atoms with Gasteiger partial charge in [0.15, 0.2) is 0 Å². The molecule has 0 aliphatic rings. The summed E-state index contributed by atoms with van der Waals surface area (Å²) < 4.78 is 2.21. The molecule has 1 aromatic heterocycles. The first-order chi connectivity index (χ1) is 9.13. The van der Waals surface area contributed by atoms with Gasteiger partial charge in [0, 0.05) is 6.54 Å². The maximum atomic E-state index is 6.31. The Bertz CT molecular complexity index is 568. The quantitative estimate of drug-likeness (QED) is 0.800. The van der Waals surface area contributed by atoms with E-state index in [4.69, 9.17) is 10.7 Å². The van der Waals surface area contributed by atoms with Crippen LogP contribution in [0.5, 0.6) is 0 Å². The van der Waals surface area contributed by atoms with Gasteiger partial charge in [-0.05, 0) is 25.5 Å². The Morgan fingerprint density at radius 1 is 1.42 bits per heavy atom. The van der Waals surface area contributed by atoms with Crippen LogP contribution in [-0.2, 0) is 6.54 Å². The summed E-state index contributed by atoms with van der Waals surface area (Å²) >= 11 is 0. The van der Waals surface area contributed by atoms with E-state index in [1.165, 1.54) is 0 Å². The van der Waals surface area contributed by atoms with E-state index in [-0.39, 0.29) is 6.04 Å². The van der Waals surface area contributed by atoms with Crippen LogP contribution in [0.25, 0.3) is 11.0 Å². The van der Waals surface area contributed by atoms with Crippen molar-refractivity contribution in [3.05, 3.63) is 42.2 Å². The highest BCUT2D eigenvalue weighted by molar-refractivity contribution is 5.76. The van der Waals surface area contributed by atoms with Crippen molar-refractivity contribution < 1.29 is 0 Å². The number of imidazole rings is 1. The van der Waals surface area contributed by atoms with Gasteiger partial charge in [-0.15, -0.1) is 0 Å². The lowest BCUT2D eigenvalue weighted by atomic mass is 10.1. The van der Waals surface area contributed by atoms with Gasteiger partial charge in [0.2, 0.25) is 0 Å². The number of hydrogen-bond donors (Lipinski definition) is 1. The van der Waals surface area contributed by atoms with Gasteiger partial charge in [-0.3, -0.25) is 0 Å². The topological polar surface area (TPSA) is 43.8 Å². The minimum atomic E-state index is 0.00620. The number of benzene rings is 1. The Morgan fingerprint density at radius 2 is 2.16 bits per heavy atom. The van der Waals surface area contributed by atoms with Crippen LogP contribution in [0.4, 0.5) is 0 Å². The SMILES string of the molecule is C=C(C)Cn1c(C(N)CCCC)nc2ccccc21. The molecule has 3 heteroatoms. The smallest absolute Gasteiger partial charge is 0.127 e. The molecule has 1 aromatic carbocycles. The highest BCUT2D eigenvalue weighted by Crippen LogP contribution is 2.23. The molecule has 19 heavy (non-hydrogen) atoms. The van der Waals surface area contributed by atoms with E-state index in [9.17, 15) is 0 Å². The zero-order valence-electron chi connectivity index (χ0n) is 11.9. The third-order valence-electron chi connectivity index (χ3n) is 3.31. The third-order valence-corrected chi connectivity index (χ3v) is 3.31. The van der Waals surface area contributed by atoms with Crippen LogP contribution in [0, 0.1) is 0 Å². The molecule has 2 aromatic rings. The van der Waals surface area contributed by atoms with Crippen molar-refractivity contribution in [3.63, 3.8) is 0 Å². The summed E-state index contributed by atoms with van der Waals surface area (Å²) in [5.74, 6) is 0.984. The van der Waals surface area contributed by atoms with E-state index in [1.54, 1.807) is 0 Å². The number of fused-ring (bicyclic) bond motifs is 1. The first-order valence-electron chi connectivity index (χ1n) is 6.98. The average Bonchev–Trinajstić information content (AvgIpc) is 2.74. The third kappa shape index (κ3) is 3.04. The summed E-state index contributed by atoms with van der Waals surface area (Å²) in [6, 6.07) is 8.20. The molecule has 0 fully saturated rings. The lowest BCUT2D eigenvalue weighted by Crippen LogP contribution is -2.17. The summed E-state index contributed by atoms with van der Waals surface area (Å²) in [6.45, 7) is 9.02. The Morgan fingerprint density at radius 3 is 2.84 bits per heavy atom. The van der Waals surface area contributed by atoms with Gasteiger partial charge >= 0.3 is 0 Å². The Balaban J connectivity index is 2.43. The molecule has 0 saturated carbocycles. The van der Waals surface area contributed by atoms with Crippen molar-refractivity contribution in [3.8, 4) is 0 Å². The van der Waals surface area contributed by atoms with Gasteiger partial charge in [-0.1, -0.05) is 44.1 Å². The molecule has 0 amide bonds. The lowest BCUT2D eigenvalue weighted by Gasteiger charge is -2.14. The predicted octanol–water partition coefficient (Wildman–Crippen LogP) is 3.80. The van der Waals surface area contributed by atoms with Crippen LogP contribution in [0.3, 0.4) is 0 Å². The maximum absolute atomic E-state index is 6.31. The molecule has 2 rings (SSSR count). The molecule has 0 bridgehead atoms. The van der Waals surface area contributed by atoms with E-state index in [0.717, 1.165) is 48.2 Å². The monoisotopic (exact) mass is 257 g/mol. The molecule has 1 atom stereocenters. The fourth-order valence-electron chi connectivity index (χ4n) is 2.37. The van der Waals surface area contributed by atoms with E-state index in [2.05, 4.69) is 24.1 Å². The molecular formula is C16H23N3. The van der Waals surface area contributed by atoms with E-state index < -0.39 is 0 Å². The van der Waals surface area contributed by atoms with Crippen LogP contribution < -0.4 is 5.73 Å². The zero-order chi connectivity index (χ0) is 13.8. The molecule has 0 radical (unpaired) electrons. The molecule has 102 valence electrons. The van der Waals surface area contributed by atoms with Gasteiger partial charge < -0.3 is 10.3 Å². The summed E-state index contributed by atoms with van der Waals surface area (Å²) in [7, 11) is 0. The van der Waals surface area contributed by atoms with E-state index >= 15 is 0 Å². The molecular weight excluding hydrogens is 234 g/mol. The molecule has 0 spiro atoms. The van der Waals surface area contributed by atoms with Crippen molar-refractivity contribution >= 4 is 11.0 Å². The van der Waals surface area contributed by atoms with E-state index in [1.807, 2.05) is 25.1 Å². The molecule has 0 aliphatic heterocycles. The van der Waals surface area contributed by atoms with Crippen LogP contribution >= 0.6 is 0 Å². The van der Waals surface area contributed by atoms with Crippen molar-refractivity contribution in [2.24, 2.45) is 5.73 Å². The highest BCUT2D eigenvalue weighted by Gasteiger charge is 2.16. The number of nitrogens with zero attached hydrogens (tertiary/aromatic N) is 2. The molecule has 3 nitrogen and oxygen atoms in total. The predicted molar refractivity (Wildman–Crippen MR) is 81.0 cm³/mol. The normalized spacial score (nSPS) is 12.8. The second kappa shape index (κ2) is 6.02. The summed E-state index contributed by atoms with van der Waals surface area (Å²) in [4.78, 5) is 4.72. The fourth-order valence-corrected chi connectivity index (χ4v) is 2.37. The number of nitrogens with two attached hydrogens (primary N) is 1. The van der Waals surface area contributed by atoms with Gasteiger partial charge in [0.1, 0.15) is 5.82 Å². The number of allylic oxidation sites excluding steroid dienone is 1. The van der Waals surface area contributed by atoms with Gasteiger partial charge in [0.05, 0.1) is 17.1 Å². The van der Waals surface area contributed by atoms with Gasteiger partial charge in [-0.25, -0.2) is 4.98 Å². The second-order valence-corrected chi connectivity index (χ2v) is 5.25. The van der Waals surface area contributed by atoms with Crippen molar-refractivity contribution in [2.75, 3.05) is 0 Å². The van der Waals surface area contributed by atoms with Crippen LogP contribution in [0.1, 0.15) is 45.0 Å². The van der Waals surface area contributed by atoms with Crippen LogP contribution in [0.2, 0.25) is 0 Å². The molecule has 0 aliphatic carbocycles. The summed E-state index contributed by atoms with van der Waals surface area (Å²) in [6.07, 6.45) is 3.28. The number of rotatable bonds is 6. The largest absolute Gasteiger partial charge is 0.323 e. The first kappa shape index (κ1) is 13.8. The number of unbranched alkanes of at least 4 members (excludes halogenated alkanes) is 1. The zero-order valence-corrected chi connectivity index (χ0v) is 11.9. The first-order valence-corrected chi connectivity index (χ1v) is 6.98.